The van der Waals surface area contributed by atoms with Gasteiger partial charge in [-0.25, -0.2) is 9.20 Å². The molecule has 0 spiro atoms. The number of aromatic nitrogens is 3. The predicted molar refractivity (Wildman–Crippen MR) is 85.9 cm³/mol. The Morgan fingerprint density at radius 1 is 1.00 bits per heavy atom. The molecule has 0 unspecified atom stereocenters. The molecular weight excluding hydrogens is 298 g/mol. The molecule has 0 amide bonds. The monoisotopic (exact) mass is 311 g/mol. The molecule has 4 rings (SSSR count). The highest BCUT2D eigenvalue weighted by Crippen LogP contribution is 2.27. The molecule has 23 heavy (non-hydrogen) atoms. The summed E-state index contributed by atoms with van der Waals surface area (Å²) in [5.41, 5.74) is -0.249. The Morgan fingerprint density at radius 3 is 2.22 bits per heavy atom. The molecule has 0 fully saturated rings. The average Bonchev–Trinajstić information content (AvgIpc) is 2.88. The van der Waals surface area contributed by atoms with Crippen molar-refractivity contribution in [3.8, 4) is 5.75 Å². The molecule has 4 aromatic rings. The summed E-state index contributed by atoms with van der Waals surface area (Å²) < 4.78 is 3.58. The summed E-state index contributed by atoms with van der Waals surface area (Å²) in [6, 6.07) is 6.92. The molecule has 3 aromatic heterocycles. The lowest BCUT2D eigenvalue weighted by Gasteiger charge is -2.08. The van der Waals surface area contributed by atoms with Crippen LogP contribution < -0.4 is 16.8 Å². The molecule has 7 heteroatoms. The van der Waals surface area contributed by atoms with Crippen LogP contribution >= 0.6 is 0 Å². The van der Waals surface area contributed by atoms with Gasteiger partial charge in [0, 0.05) is 7.05 Å². The zero-order valence-electron chi connectivity index (χ0n) is 12.5. The van der Waals surface area contributed by atoms with E-state index in [9.17, 15) is 19.5 Å². The zero-order valence-corrected chi connectivity index (χ0v) is 12.5. The number of aromatic hydroxyl groups is 1. The molecule has 116 valence electrons. The minimum Gasteiger partial charge on any atom is -0.506 e. The molecule has 0 saturated heterocycles. The third-order valence-electron chi connectivity index (χ3n) is 4.34. The van der Waals surface area contributed by atoms with Crippen LogP contribution in [-0.4, -0.2) is 18.5 Å². The Balaban J connectivity index is 2.62. The van der Waals surface area contributed by atoms with Crippen LogP contribution in [0.25, 0.3) is 22.1 Å². The van der Waals surface area contributed by atoms with Crippen LogP contribution in [0, 0.1) is 0 Å². The van der Waals surface area contributed by atoms with Crippen molar-refractivity contribution in [3.63, 3.8) is 0 Å². The summed E-state index contributed by atoms with van der Waals surface area (Å²) >= 11 is 0. The van der Waals surface area contributed by atoms with Gasteiger partial charge in [-0.1, -0.05) is 19.1 Å². The quantitative estimate of drug-likeness (QED) is 0.554. The van der Waals surface area contributed by atoms with E-state index in [0.717, 1.165) is 4.57 Å². The second-order valence-corrected chi connectivity index (χ2v) is 5.49. The Labute approximate surface area is 128 Å². The summed E-state index contributed by atoms with van der Waals surface area (Å²) in [7, 11) is 1.36. The van der Waals surface area contributed by atoms with Crippen molar-refractivity contribution in [3.05, 3.63) is 61.0 Å². The summed E-state index contributed by atoms with van der Waals surface area (Å²) in [4.78, 5) is 37.8. The number of rotatable bonds is 1. The number of imidazole rings is 1. The first-order valence-corrected chi connectivity index (χ1v) is 7.21. The Hall–Kier alpha value is -3.09. The normalized spacial score (nSPS) is 11.9. The van der Waals surface area contributed by atoms with E-state index in [2.05, 4.69) is 0 Å². The van der Waals surface area contributed by atoms with Gasteiger partial charge >= 0.3 is 5.69 Å². The van der Waals surface area contributed by atoms with Crippen LogP contribution in [0.2, 0.25) is 0 Å². The highest BCUT2D eigenvalue weighted by molar-refractivity contribution is 5.92. The SMILES string of the molecule is CCc1c(O)c2c(=O)n(C)c(=O)n3c4ccccc4n(c1=O)c23. The van der Waals surface area contributed by atoms with E-state index in [1.165, 1.54) is 15.8 Å². The van der Waals surface area contributed by atoms with Gasteiger partial charge in [-0.05, 0) is 18.6 Å². The fourth-order valence-electron chi connectivity index (χ4n) is 3.21. The second kappa shape index (κ2) is 4.22. The molecule has 3 heterocycles. The minimum absolute atomic E-state index is 0.0141. The third-order valence-corrected chi connectivity index (χ3v) is 4.34. The number of fused-ring (bicyclic) bond motifs is 3. The maximum Gasteiger partial charge on any atom is 0.337 e. The van der Waals surface area contributed by atoms with Crippen LogP contribution in [0.4, 0.5) is 0 Å². The first kappa shape index (κ1) is 13.6. The van der Waals surface area contributed by atoms with Crippen LogP contribution in [0.5, 0.6) is 5.75 Å². The van der Waals surface area contributed by atoms with Crippen LogP contribution in [-0.2, 0) is 13.5 Å². The van der Waals surface area contributed by atoms with Gasteiger partial charge < -0.3 is 5.11 Å². The zero-order chi connectivity index (χ0) is 16.5. The van der Waals surface area contributed by atoms with Gasteiger partial charge in [0.15, 0.2) is 0 Å². The highest BCUT2D eigenvalue weighted by atomic mass is 16.3. The van der Waals surface area contributed by atoms with Crippen molar-refractivity contribution >= 4 is 22.1 Å². The van der Waals surface area contributed by atoms with Crippen molar-refractivity contribution in [1.29, 1.82) is 0 Å². The van der Waals surface area contributed by atoms with Crippen molar-refractivity contribution < 1.29 is 5.11 Å². The molecule has 1 N–H and O–H groups in total. The molecule has 1 aromatic carbocycles. The van der Waals surface area contributed by atoms with Gasteiger partial charge in [-0.3, -0.25) is 18.6 Å². The first-order valence-electron chi connectivity index (χ1n) is 7.21. The fraction of sp³-hybridized carbons (Fsp3) is 0.188. The molecular formula is C16H13N3O4. The number of pyridine rings is 1. The van der Waals surface area contributed by atoms with Crippen molar-refractivity contribution in [2.24, 2.45) is 7.05 Å². The number of hydrogen-bond acceptors (Lipinski definition) is 4. The van der Waals surface area contributed by atoms with Gasteiger partial charge in [0.25, 0.3) is 11.1 Å². The first-order chi connectivity index (χ1) is 11.0. The highest BCUT2D eigenvalue weighted by Gasteiger charge is 2.24. The van der Waals surface area contributed by atoms with Crippen LogP contribution in [0.15, 0.2) is 38.6 Å². The van der Waals surface area contributed by atoms with E-state index in [0.29, 0.717) is 11.0 Å². The van der Waals surface area contributed by atoms with E-state index >= 15 is 0 Å². The number of nitrogens with zero attached hydrogens (tertiary/aromatic N) is 3. The topological polar surface area (TPSA) is 85.2 Å². The lowest BCUT2D eigenvalue weighted by atomic mass is 10.1. The summed E-state index contributed by atoms with van der Waals surface area (Å²) in [6.45, 7) is 1.73. The van der Waals surface area contributed by atoms with Gasteiger partial charge in [0.2, 0.25) is 0 Å². The Bertz CT molecular complexity index is 1280. The molecule has 0 aliphatic heterocycles. The van der Waals surface area contributed by atoms with Gasteiger partial charge in [0.05, 0.1) is 16.6 Å². The molecule has 0 aliphatic rings. The van der Waals surface area contributed by atoms with E-state index in [1.54, 1.807) is 31.2 Å². The van der Waals surface area contributed by atoms with Crippen molar-refractivity contribution in [2.45, 2.75) is 13.3 Å². The van der Waals surface area contributed by atoms with Crippen molar-refractivity contribution in [1.82, 2.24) is 13.4 Å². The number of benzene rings is 1. The largest absolute Gasteiger partial charge is 0.506 e. The van der Waals surface area contributed by atoms with Gasteiger partial charge in [0.1, 0.15) is 16.8 Å². The summed E-state index contributed by atoms with van der Waals surface area (Å²) in [5.74, 6) is -0.342. The third kappa shape index (κ3) is 1.41. The van der Waals surface area contributed by atoms with Crippen LogP contribution in [0.3, 0.4) is 0 Å². The van der Waals surface area contributed by atoms with E-state index in [4.69, 9.17) is 0 Å². The maximum atomic E-state index is 12.7. The molecule has 0 atom stereocenters. The van der Waals surface area contributed by atoms with Gasteiger partial charge in [-0.2, -0.15) is 0 Å². The Kier molecular flexibility index (Phi) is 2.49. The lowest BCUT2D eigenvalue weighted by Crippen LogP contribution is -2.36. The Morgan fingerprint density at radius 2 is 1.61 bits per heavy atom. The van der Waals surface area contributed by atoms with E-state index in [1.807, 2.05) is 0 Å². The predicted octanol–water partition coefficient (Wildman–Crippen LogP) is 0.470. The van der Waals surface area contributed by atoms with E-state index in [-0.39, 0.29) is 28.8 Å². The minimum atomic E-state index is -0.616. The number of para-hydroxylation sites is 2. The number of hydrogen-bond donors (Lipinski definition) is 1. The van der Waals surface area contributed by atoms with Crippen LogP contribution in [0.1, 0.15) is 12.5 Å². The average molecular weight is 311 g/mol. The summed E-state index contributed by atoms with van der Waals surface area (Å²) in [5, 5.41) is 10.4. The molecule has 0 saturated carbocycles. The van der Waals surface area contributed by atoms with Crippen molar-refractivity contribution in [2.75, 3.05) is 0 Å². The summed E-state index contributed by atoms with van der Waals surface area (Å²) in [6.07, 6.45) is 0.283. The molecule has 0 radical (unpaired) electrons. The smallest absolute Gasteiger partial charge is 0.337 e. The standard InChI is InChI=1S/C16H13N3O4/c1-3-8-12(20)11-13-18(14(8)21)9-6-4-5-7-10(9)19(13)16(23)17(2)15(11)22/h4-7,20H,3H2,1-2H3. The molecule has 0 bridgehead atoms. The molecule has 0 aliphatic carbocycles. The lowest BCUT2D eigenvalue weighted by molar-refractivity contribution is 0.472. The maximum absolute atomic E-state index is 12.7. The second-order valence-electron chi connectivity index (χ2n) is 5.49. The molecule has 7 nitrogen and oxygen atoms in total. The van der Waals surface area contributed by atoms with Gasteiger partial charge in [-0.15, -0.1) is 0 Å². The fourth-order valence-corrected chi connectivity index (χ4v) is 3.21. The van der Waals surface area contributed by atoms with E-state index < -0.39 is 16.8 Å².